The quantitative estimate of drug-likeness (QED) is 0.369. The Labute approximate surface area is 166 Å². The summed E-state index contributed by atoms with van der Waals surface area (Å²) in [5.74, 6) is 1.33. The molecule has 24 heavy (non-hydrogen) atoms. The van der Waals surface area contributed by atoms with E-state index >= 15 is 0 Å². The molecule has 1 saturated carbocycles. The minimum atomic E-state index is -2.93. The predicted octanol–water partition coefficient (Wildman–Crippen LogP) is 2.80. The van der Waals surface area contributed by atoms with E-state index in [9.17, 15) is 8.42 Å². The van der Waals surface area contributed by atoms with Crippen molar-refractivity contribution in [3.8, 4) is 0 Å². The maximum atomic E-state index is 11.2. The van der Waals surface area contributed by atoms with Crippen molar-refractivity contribution in [1.29, 1.82) is 0 Å². The molecule has 0 amide bonds. The molecule has 1 aromatic carbocycles. The van der Waals surface area contributed by atoms with Gasteiger partial charge in [-0.25, -0.2) is 8.42 Å². The first-order chi connectivity index (χ1) is 10.8. The number of hydrogen-bond acceptors (Lipinski definition) is 3. The summed E-state index contributed by atoms with van der Waals surface area (Å²) in [6.07, 6.45) is 2.85. The Kier molecular flexibility index (Phi) is 8.28. The van der Waals surface area contributed by atoms with Gasteiger partial charge in [0.1, 0.15) is 9.84 Å². The van der Waals surface area contributed by atoms with Crippen LogP contribution in [0.5, 0.6) is 0 Å². The normalized spacial score (nSPS) is 21.6. The lowest BCUT2D eigenvalue weighted by atomic mass is 10.1. The average molecular weight is 486 g/mol. The Bertz CT molecular complexity index is 682. The van der Waals surface area contributed by atoms with Gasteiger partial charge in [-0.2, -0.15) is 0 Å². The molecule has 2 N–H and O–H groups in total. The lowest BCUT2D eigenvalue weighted by Gasteiger charge is -2.17. The molecule has 1 aromatic rings. The van der Waals surface area contributed by atoms with Gasteiger partial charge in [-0.05, 0) is 37.5 Å². The van der Waals surface area contributed by atoms with Gasteiger partial charge in [0.05, 0.1) is 5.75 Å². The minimum absolute atomic E-state index is 0. The third kappa shape index (κ3) is 7.14. The number of rotatable bonds is 6. The first-order valence-corrected chi connectivity index (χ1v) is 10.2. The Hall–Kier alpha value is -0.540. The fourth-order valence-corrected chi connectivity index (χ4v) is 3.48. The van der Waals surface area contributed by atoms with Gasteiger partial charge in [-0.15, -0.1) is 24.0 Å². The lowest BCUT2D eigenvalue weighted by Crippen LogP contribution is -2.44. The van der Waals surface area contributed by atoms with Crippen LogP contribution in [0.4, 0.5) is 0 Å². The van der Waals surface area contributed by atoms with Crippen LogP contribution < -0.4 is 10.6 Å². The summed E-state index contributed by atoms with van der Waals surface area (Å²) in [7, 11) is -1.22. The highest BCUT2D eigenvalue weighted by Gasteiger charge is 2.39. The zero-order valence-electron chi connectivity index (χ0n) is 14.1. The van der Waals surface area contributed by atoms with Crippen molar-refractivity contribution in [3.05, 3.63) is 34.9 Å². The summed E-state index contributed by atoms with van der Waals surface area (Å²) in [4.78, 5) is 4.22. The maximum absolute atomic E-state index is 11.2. The fraction of sp³-hybridized carbons (Fsp3) is 0.562. The molecule has 136 valence electrons. The van der Waals surface area contributed by atoms with Crippen molar-refractivity contribution in [3.63, 3.8) is 0 Å². The monoisotopic (exact) mass is 485 g/mol. The van der Waals surface area contributed by atoms with Crippen LogP contribution in [-0.4, -0.2) is 45.5 Å². The van der Waals surface area contributed by atoms with Crippen molar-refractivity contribution in [2.75, 3.05) is 19.1 Å². The van der Waals surface area contributed by atoms with Gasteiger partial charge < -0.3 is 10.6 Å². The summed E-state index contributed by atoms with van der Waals surface area (Å²) in [5, 5.41) is 7.38. The van der Waals surface area contributed by atoms with E-state index in [1.165, 1.54) is 11.8 Å². The molecule has 3 unspecified atom stereocenters. The van der Waals surface area contributed by atoms with E-state index in [-0.39, 0.29) is 35.8 Å². The van der Waals surface area contributed by atoms with E-state index in [4.69, 9.17) is 11.6 Å². The van der Waals surface area contributed by atoms with Crippen molar-refractivity contribution in [1.82, 2.24) is 10.6 Å². The predicted molar refractivity (Wildman–Crippen MR) is 111 cm³/mol. The van der Waals surface area contributed by atoms with E-state index in [2.05, 4.69) is 21.7 Å². The molecular formula is C16H25ClIN3O2S. The summed E-state index contributed by atoms with van der Waals surface area (Å²) in [6, 6.07) is 8.30. The van der Waals surface area contributed by atoms with Crippen molar-refractivity contribution in [2.24, 2.45) is 4.99 Å². The van der Waals surface area contributed by atoms with Gasteiger partial charge in [0.2, 0.25) is 0 Å². The number of guanidine groups is 1. The van der Waals surface area contributed by atoms with Gasteiger partial charge in [-0.3, -0.25) is 4.99 Å². The van der Waals surface area contributed by atoms with Crippen molar-refractivity contribution >= 4 is 51.4 Å². The molecule has 1 aliphatic carbocycles. The Morgan fingerprint density at radius 1 is 1.46 bits per heavy atom. The highest BCUT2D eigenvalue weighted by Crippen LogP contribution is 2.41. The van der Waals surface area contributed by atoms with E-state index < -0.39 is 9.84 Å². The molecule has 0 aliphatic heterocycles. The topological polar surface area (TPSA) is 70.6 Å². The molecule has 0 radical (unpaired) electrons. The molecule has 0 spiro atoms. The van der Waals surface area contributed by atoms with Crippen LogP contribution in [0.15, 0.2) is 29.3 Å². The average Bonchev–Trinajstić information content (AvgIpc) is 3.23. The molecular weight excluding hydrogens is 461 g/mol. The molecule has 0 aromatic heterocycles. The van der Waals surface area contributed by atoms with Crippen LogP contribution >= 0.6 is 35.6 Å². The van der Waals surface area contributed by atoms with Crippen LogP contribution in [0, 0.1) is 0 Å². The van der Waals surface area contributed by atoms with Gasteiger partial charge in [0.15, 0.2) is 5.96 Å². The van der Waals surface area contributed by atoms with Gasteiger partial charge in [-0.1, -0.05) is 23.7 Å². The van der Waals surface area contributed by atoms with Gasteiger partial charge in [0.25, 0.3) is 0 Å². The van der Waals surface area contributed by atoms with Crippen LogP contribution in [0.2, 0.25) is 5.02 Å². The van der Waals surface area contributed by atoms with Crippen molar-refractivity contribution < 1.29 is 8.42 Å². The van der Waals surface area contributed by atoms with Gasteiger partial charge in [0, 0.05) is 36.3 Å². The summed E-state index contributed by atoms with van der Waals surface area (Å²) < 4.78 is 22.4. The molecule has 3 atom stereocenters. The number of nitrogens with one attached hydrogen (secondary N) is 2. The molecule has 5 nitrogen and oxygen atoms in total. The summed E-state index contributed by atoms with van der Waals surface area (Å²) >= 11 is 6.03. The van der Waals surface area contributed by atoms with E-state index in [1.807, 2.05) is 25.1 Å². The smallest absolute Gasteiger partial charge is 0.191 e. The SMILES string of the molecule is CN=C(NC(C)CCS(C)(=O)=O)NC1CC1c1cccc(Cl)c1.I. The van der Waals surface area contributed by atoms with E-state index in [0.717, 1.165) is 11.4 Å². The largest absolute Gasteiger partial charge is 0.354 e. The van der Waals surface area contributed by atoms with E-state index in [1.54, 1.807) is 7.05 Å². The first-order valence-electron chi connectivity index (χ1n) is 7.71. The molecule has 1 aliphatic rings. The maximum Gasteiger partial charge on any atom is 0.191 e. The molecule has 8 heteroatoms. The fourth-order valence-electron chi connectivity index (χ4n) is 2.50. The Balaban J connectivity index is 0.00000288. The summed E-state index contributed by atoms with van der Waals surface area (Å²) in [5.41, 5.74) is 1.23. The molecule has 0 heterocycles. The van der Waals surface area contributed by atoms with Crippen LogP contribution in [0.25, 0.3) is 0 Å². The second kappa shape index (κ2) is 9.24. The van der Waals surface area contributed by atoms with Crippen LogP contribution in [0.3, 0.4) is 0 Å². The zero-order valence-corrected chi connectivity index (χ0v) is 18.0. The standard InChI is InChI=1S/C16H24ClN3O2S.HI/c1-11(7-8-23(3,21)22)19-16(18-2)20-15-10-14(15)12-5-4-6-13(17)9-12;/h4-6,9,11,14-15H,7-8,10H2,1-3H3,(H2,18,19,20);1H. The number of nitrogens with zero attached hydrogens (tertiary/aromatic N) is 1. The number of hydrogen-bond donors (Lipinski definition) is 2. The molecule has 1 fully saturated rings. The molecule has 0 bridgehead atoms. The minimum Gasteiger partial charge on any atom is -0.354 e. The lowest BCUT2D eigenvalue weighted by molar-refractivity contribution is 0.581. The van der Waals surface area contributed by atoms with Crippen LogP contribution in [0.1, 0.15) is 31.2 Å². The number of benzene rings is 1. The Morgan fingerprint density at radius 3 is 2.75 bits per heavy atom. The van der Waals surface area contributed by atoms with E-state index in [0.29, 0.717) is 24.3 Å². The van der Waals surface area contributed by atoms with Crippen molar-refractivity contribution in [2.45, 2.75) is 37.8 Å². The highest BCUT2D eigenvalue weighted by atomic mass is 127. The molecule has 0 saturated heterocycles. The second-order valence-corrected chi connectivity index (χ2v) is 8.88. The number of sulfone groups is 1. The zero-order chi connectivity index (χ0) is 17.0. The highest BCUT2D eigenvalue weighted by molar-refractivity contribution is 14.0. The number of aliphatic imine (C=N–C) groups is 1. The summed E-state index contributed by atoms with van der Waals surface area (Å²) in [6.45, 7) is 1.96. The number of halogens is 2. The first kappa shape index (κ1) is 21.5. The third-order valence-corrected chi connectivity index (χ3v) is 5.13. The molecule has 2 rings (SSSR count). The van der Waals surface area contributed by atoms with Gasteiger partial charge >= 0.3 is 0 Å². The third-order valence-electron chi connectivity index (χ3n) is 3.92. The Morgan fingerprint density at radius 2 is 2.17 bits per heavy atom. The van der Waals surface area contributed by atoms with Crippen LogP contribution in [-0.2, 0) is 9.84 Å². The second-order valence-electron chi connectivity index (χ2n) is 6.18.